The molecular weight excluding hydrogens is 392 g/mol. The predicted octanol–water partition coefficient (Wildman–Crippen LogP) is 2.21. The third kappa shape index (κ3) is 5.57. The molecule has 168 valence electrons. The second-order valence-electron chi connectivity index (χ2n) is 8.21. The van der Waals surface area contributed by atoms with Gasteiger partial charge in [0.05, 0.1) is 18.8 Å². The summed E-state index contributed by atoms with van der Waals surface area (Å²) in [5, 5.41) is 7.69. The zero-order chi connectivity index (χ0) is 21.5. The Morgan fingerprint density at radius 3 is 2.45 bits per heavy atom. The van der Waals surface area contributed by atoms with E-state index in [9.17, 15) is 0 Å². The first kappa shape index (κ1) is 21.6. The minimum atomic E-state index is 0.332. The van der Waals surface area contributed by atoms with Crippen LogP contribution in [0.1, 0.15) is 30.1 Å². The van der Waals surface area contributed by atoms with Crippen molar-refractivity contribution in [1.82, 2.24) is 25.2 Å². The number of guanidine groups is 1. The summed E-state index contributed by atoms with van der Waals surface area (Å²) in [6.07, 6.45) is 4.18. The predicted molar refractivity (Wildman–Crippen MR) is 121 cm³/mol. The summed E-state index contributed by atoms with van der Waals surface area (Å²) in [4.78, 5) is 11.9. The highest BCUT2D eigenvalue weighted by molar-refractivity contribution is 5.80. The minimum absolute atomic E-state index is 0.332. The molecule has 4 rings (SSSR count). The van der Waals surface area contributed by atoms with Crippen LogP contribution in [0.4, 0.5) is 0 Å². The molecule has 31 heavy (non-hydrogen) atoms. The van der Waals surface area contributed by atoms with Crippen molar-refractivity contribution < 1.29 is 9.26 Å². The molecular formula is C23H34N6O2. The number of nitrogens with one attached hydrogen (secondary N) is 1. The van der Waals surface area contributed by atoms with Crippen LogP contribution < -0.4 is 10.1 Å². The third-order valence-electron chi connectivity index (χ3n) is 6.30. The number of piperazine rings is 1. The Kier molecular flexibility index (Phi) is 7.43. The summed E-state index contributed by atoms with van der Waals surface area (Å²) in [6, 6.07) is 10.8. The molecule has 1 unspecified atom stereocenters. The minimum Gasteiger partial charge on any atom is -0.497 e. The number of methoxy groups -OCH3 is 1. The van der Waals surface area contributed by atoms with E-state index in [1.165, 1.54) is 18.4 Å². The summed E-state index contributed by atoms with van der Waals surface area (Å²) in [5.74, 6) is 1.88. The topological polar surface area (TPSA) is 69.4 Å². The van der Waals surface area contributed by atoms with Crippen LogP contribution in [0.25, 0.3) is 0 Å². The van der Waals surface area contributed by atoms with E-state index in [0.717, 1.165) is 69.8 Å². The molecule has 3 heterocycles. The van der Waals surface area contributed by atoms with E-state index in [1.54, 1.807) is 13.4 Å². The van der Waals surface area contributed by atoms with Gasteiger partial charge in [0.15, 0.2) is 5.96 Å². The molecule has 2 aromatic rings. The molecule has 0 aliphatic carbocycles. The van der Waals surface area contributed by atoms with Crippen molar-refractivity contribution in [2.45, 2.75) is 25.4 Å². The van der Waals surface area contributed by atoms with Crippen molar-refractivity contribution in [2.24, 2.45) is 4.99 Å². The molecule has 2 aliphatic heterocycles. The lowest BCUT2D eigenvalue weighted by atomic mass is 10.1. The molecule has 0 saturated carbocycles. The van der Waals surface area contributed by atoms with Crippen molar-refractivity contribution in [3.05, 3.63) is 47.9 Å². The van der Waals surface area contributed by atoms with Crippen LogP contribution in [-0.4, -0.2) is 85.8 Å². The van der Waals surface area contributed by atoms with Crippen LogP contribution in [0.2, 0.25) is 0 Å². The second-order valence-corrected chi connectivity index (χ2v) is 8.21. The highest BCUT2D eigenvalue weighted by Gasteiger charge is 2.25. The zero-order valence-corrected chi connectivity index (χ0v) is 18.7. The second kappa shape index (κ2) is 10.6. The maximum absolute atomic E-state index is 5.34. The molecule has 2 aliphatic rings. The van der Waals surface area contributed by atoms with E-state index in [4.69, 9.17) is 9.26 Å². The van der Waals surface area contributed by atoms with Gasteiger partial charge in [-0.05, 0) is 43.6 Å². The number of likely N-dealkylation sites (tertiary alicyclic amines) is 1. The fourth-order valence-corrected chi connectivity index (χ4v) is 4.52. The summed E-state index contributed by atoms with van der Waals surface area (Å²) < 4.78 is 10.3. The fraction of sp³-hybridized carbons (Fsp3) is 0.565. The Bertz CT molecular complexity index is 809. The summed E-state index contributed by atoms with van der Waals surface area (Å²) in [6.45, 7) is 7.87. The number of aromatic nitrogens is 1. The molecule has 1 aromatic heterocycles. The molecule has 1 aromatic carbocycles. The Hall–Kier alpha value is -2.58. The lowest BCUT2D eigenvalue weighted by Gasteiger charge is -2.37. The van der Waals surface area contributed by atoms with Gasteiger partial charge in [-0.1, -0.05) is 17.3 Å². The van der Waals surface area contributed by atoms with E-state index in [0.29, 0.717) is 6.04 Å². The largest absolute Gasteiger partial charge is 0.497 e. The van der Waals surface area contributed by atoms with Gasteiger partial charge in [-0.25, -0.2) is 0 Å². The van der Waals surface area contributed by atoms with Gasteiger partial charge >= 0.3 is 0 Å². The van der Waals surface area contributed by atoms with Gasteiger partial charge < -0.3 is 19.5 Å². The van der Waals surface area contributed by atoms with Crippen molar-refractivity contribution in [3.8, 4) is 5.75 Å². The van der Waals surface area contributed by atoms with E-state index >= 15 is 0 Å². The van der Waals surface area contributed by atoms with Crippen molar-refractivity contribution >= 4 is 5.96 Å². The van der Waals surface area contributed by atoms with Crippen molar-refractivity contribution in [2.75, 3.05) is 60.0 Å². The molecule has 0 spiro atoms. The van der Waals surface area contributed by atoms with Crippen molar-refractivity contribution in [3.63, 3.8) is 0 Å². The van der Waals surface area contributed by atoms with Crippen LogP contribution in [0.15, 0.2) is 46.1 Å². The third-order valence-corrected chi connectivity index (χ3v) is 6.30. The van der Waals surface area contributed by atoms with Gasteiger partial charge in [0, 0.05) is 52.4 Å². The Labute approximate surface area is 184 Å². The Balaban J connectivity index is 1.34. The molecule has 2 fully saturated rings. The average Bonchev–Trinajstić information content (AvgIpc) is 3.52. The number of hydrogen-bond acceptors (Lipinski definition) is 6. The highest BCUT2D eigenvalue weighted by Crippen LogP contribution is 2.26. The number of benzene rings is 1. The van der Waals surface area contributed by atoms with E-state index < -0.39 is 0 Å². The smallest absolute Gasteiger partial charge is 0.193 e. The van der Waals surface area contributed by atoms with Crippen LogP contribution in [-0.2, 0) is 6.54 Å². The highest BCUT2D eigenvalue weighted by atomic mass is 16.5. The first-order chi connectivity index (χ1) is 15.3. The molecule has 0 radical (unpaired) electrons. The van der Waals surface area contributed by atoms with E-state index in [1.807, 2.05) is 13.1 Å². The summed E-state index contributed by atoms with van der Waals surface area (Å²) in [5.41, 5.74) is 2.31. The molecule has 1 atom stereocenters. The maximum Gasteiger partial charge on any atom is 0.193 e. The van der Waals surface area contributed by atoms with Crippen LogP contribution in [0, 0.1) is 0 Å². The van der Waals surface area contributed by atoms with E-state index in [2.05, 4.69) is 54.4 Å². The summed E-state index contributed by atoms with van der Waals surface area (Å²) in [7, 11) is 3.59. The molecule has 2 saturated heterocycles. The van der Waals surface area contributed by atoms with Crippen LogP contribution in [0.3, 0.4) is 0 Å². The first-order valence-corrected chi connectivity index (χ1v) is 11.2. The van der Waals surface area contributed by atoms with Gasteiger partial charge in [-0.2, -0.15) is 0 Å². The maximum atomic E-state index is 5.34. The quantitative estimate of drug-likeness (QED) is 0.538. The number of rotatable bonds is 7. The molecule has 8 heteroatoms. The zero-order valence-electron chi connectivity index (χ0n) is 18.7. The number of ether oxygens (including phenoxy) is 1. The number of aliphatic imine (C=N–C) groups is 1. The van der Waals surface area contributed by atoms with Gasteiger partial charge in [0.25, 0.3) is 0 Å². The summed E-state index contributed by atoms with van der Waals surface area (Å²) >= 11 is 0. The Morgan fingerprint density at radius 2 is 1.84 bits per heavy atom. The molecule has 0 amide bonds. The normalized spacial score (nSPS) is 19.5. The molecule has 8 nitrogen and oxygen atoms in total. The number of hydrogen-bond donors (Lipinski definition) is 1. The average molecular weight is 427 g/mol. The van der Waals surface area contributed by atoms with E-state index in [-0.39, 0.29) is 0 Å². The van der Waals surface area contributed by atoms with Crippen molar-refractivity contribution in [1.29, 1.82) is 0 Å². The molecule has 1 N–H and O–H groups in total. The van der Waals surface area contributed by atoms with Crippen LogP contribution >= 0.6 is 0 Å². The fourth-order valence-electron chi connectivity index (χ4n) is 4.52. The molecule has 0 bridgehead atoms. The van der Waals surface area contributed by atoms with Gasteiger partial charge in [-0.15, -0.1) is 0 Å². The number of nitrogens with zero attached hydrogens (tertiary/aromatic N) is 5. The SMILES string of the molecule is CN=C(NCC(c1ccc(OC)cc1)N1CCCC1)N1CCN(Cc2ccon2)CC1. The Morgan fingerprint density at radius 1 is 1.10 bits per heavy atom. The lowest BCUT2D eigenvalue weighted by Crippen LogP contribution is -2.53. The van der Waals surface area contributed by atoms with Gasteiger partial charge in [0.1, 0.15) is 12.0 Å². The van der Waals surface area contributed by atoms with Gasteiger partial charge in [-0.3, -0.25) is 14.8 Å². The standard InChI is InChI=1S/C23H34N6O2/c1-24-23(29-14-12-27(13-15-29)18-20-9-16-31-26-20)25-17-22(28-10-3-4-11-28)19-5-7-21(30-2)8-6-19/h5-9,16,22H,3-4,10-15,17-18H2,1-2H3,(H,24,25). The lowest BCUT2D eigenvalue weighted by molar-refractivity contribution is 0.167. The monoisotopic (exact) mass is 426 g/mol. The van der Waals surface area contributed by atoms with Crippen LogP contribution in [0.5, 0.6) is 5.75 Å². The first-order valence-electron chi connectivity index (χ1n) is 11.2. The van der Waals surface area contributed by atoms with Gasteiger partial charge in [0.2, 0.25) is 0 Å².